The number of carbonyl (C=O) groups is 1. The number of rotatable bonds is 4. The van der Waals surface area contributed by atoms with Crippen molar-refractivity contribution in [2.24, 2.45) is 0 Å². The maximum absolute atomic E-state index is 11.0. The molecule has 0 unspecified atom stereocenters. The van der Waals surface area contributed by atoms with Crippen molar-refractivity contribution in [1.82, 2.24) is 39.9 Å². The van der Waals surface area contributed by atoms with Gasteiger partial charge in [-0.3, -0.25) is 24.5 Å². The van der Waals surface area contributed by atoms with E-state index in [1.165, 1.54) is 12.7 Å². The number of aliphatic hydroxyl groups is 4. The molecule has 0 amide bonds. The SMILES string of the molecule is Nc1nc2nc[nH]c2c(=O)[nH]1.O=C[C@H](O)[C@H](O)[C@H](O)CO.O=P(O)(O)O.O=c1[nH]c(=O)c2[nH]cnc2[nH]1. The molecule has 3 atom stereocenters. The van der Waals surface area contributed by atoms with Crippen LogP contribution in [0.1, 0.15) is 0 Å². The highest BCUT2D eigenvalue weighted by Gasteiger charge is 2.22. The second-order valence-corrected chi connectivity index (χ2v) is 7.49. The van der Waals surface area contributed by atoms with Crippen LogP contribution in [0.4, 0.5) is 5.95 Å². The molecule has 4 rings (SSSR count). The Kier molecular flexibility index (Phi) is 11.6. The number of carbonyl (C=O) groups excluding carboxylic acids is 1. The molecule has 22 heteroatoms. The lowest BCUT2D eigenvalue weighted by Crippen LogP contribution is -2.40. The van der Waals surface area contributed by atoms with Crippen molar-refractivity contribution in [2.75, 3.05) is 12.3 Å². The van der Waals surface area contributed by atoms with Gasteiger partial charge in [-0.15, -0.1) is 0 Å². The third kappa shape index (κ3) is 10.6. The summed E-state index contributed by atoms with van der Waals surface area (Å²) in [4.78, 5) is 87.1. The van der Waals surface area contributed by atoms with E-state index in [0.717, 1.165) is 0 Å². The van der Waals surface area contributed by atoms with Crippen LogP contribution in [0.25, 0.3) is 22.3 Å². The van der Waals surface area contributed by atoms with E-state index in [1.807, 2.05) is 0 Å². The second-order valence-electron chi connectivity index (χ2n) is 6.47. The maximum Gasteiger partial charge on any atom is 0.466 e. The normalized spacial score (nSPS) is 13.2. The van der Waals surface area contributed by atoms with Gasteiger partial charge in [0.2, 0.25) is 5.95 Å². The molecule has 4 aromatic heterocycles. The van der Waals surface area contributed by atoms with Gasteiger partial charge < -0.3 is 55.6 Å². The Labute approximate surface area is 202 Å². The lowest BCUT2D eigenvalue weighted by molar-refractivity contribution is -0.127. The summed E-state index contributed by atoms with van der Waals surface area (Å²) in [6.45, 7) is -0.688. The van der Waals surface area contributed by atoms with Gasteiger partial charge in [-0.05, 0) is 0 Å². The molecule has 0 bridgehead atoms. The van der Waals surface area contributed by atoms with E-state index in [4.69, 9.17) is 45.4 Å². The maximum atomic E-state index is 11.0. The molecule has 0 spiro atoms. The van der Waals surface area contributed by atoms with E-state index in [9.17, 15) is 19.2 Å². The van der Waals surface area contributed by atoms with E-state index in [0.29, 0.717) is 11.2 Å². The number of imidazole rings is 2. The summed E-state index contributed by atoms with van der Waals surface area (Å²) in [5.74, 6) is 0.0783. The Morgan fingerprint density at radius 3 is 2.05 bits per heavy atom. The zero-order valence-electron chi connectivity index (χ0n) is 18.2. The van der Waals surface area contributed by atoms with Crippen LogP contribution in [-0.2, 0) is 9.36 Å². The predicted molar refractivity (Wildman–Crippen MR) is 122 cm³/mol. The Hall–Kier alpha value is -4.08. The summed E-state index contributed by atoms with van der Waals surface area (Å²) in [5, 5.41) is 34.1. The fourth-order valence-electron chi connectivity index (χ4n) is 2.14. The van der Waals surface area contributed by atoms with Gasteiger partial charge in [0, 0.05) is 0 Å². The minimum atomic E-state index is -4.64. The molecule has 0 saturated carbocycles. The summed E-state index contributed by atoms with van der Waals surface area (Å²) < 4.78 is 8.88. The average molecular weight is 551 g/mol. The molecule has 21 nitrogen and oxygen atoms in total. The number of aliphatic hydroxyl groups excluding tert-OH is 4. The Morgan fingerprint density at radius 1 is 0.946 bits per heavy atom. The third-order valence-corrected chi connectivity index (χ3v) is 3.71. The first-order valence-electron chi connectivity index (χ1n) is 9.41. The van der Waals surface area contributed by atoms with Crippen molar-refractivity contribution in [3.63, 3.8) is 0 Å². The molecule has 0 saturated heterocycles. The predicted octanol–water partition coefficient (Wildman–Crippen LogP) is -5.50. The van der Waals surface area contributed by atoms with Crippen LogP contribution in [0.5, 0.6) is 0 Å². The highest BCUT2D eigenvalue weighted by Crippen LogP contribution is 2.25. The molecule has 0 aromatic carbocycles. The lowest BCUT2D eigenvalue weighted by atomic mass is 10.1. The highest BCUT2D eigenvalue weighted by atomic mass is 31.2. The van der Waals surface area contributed by atoms with Gasteiger partial charge in [0.15, 0.2) is 23.1 Å². The Bertz CT molecular complexity index is 1490. The number of phosphoric acid groups is 1. The van der Waals surface area contributed by atoms with Gasteiger partial charge in [-0.2, -0.15) is 4.98 Å². The number of nitrogen functional groups attached to an aromatic ring is 1. The lowest BCUT2D eigenvalue weighted by Gasteiger charge is -2.16. The van der Waals surface area contributed by atoms with Gasteiger partial charge in [0.05, 0.1) is 19.3 Å². The van der Waals surface area contributed by atoms with Crippen LogP contribution in [-0.4, -0.2) is 106 Å². The van der Waals surface area contributed by atoms with E-state index in [2.05, 4.69) is 39.9 Å². The molecule has 14 N–H and O–H groups in total. The minimum Gasteiger partial charge on any atom is -0.394 e. The molecule has 0 fully saturated rings. The molecule has 4 aromatic rings. The van der Waals surface area contributed by atoms with Gasteiger partial charge in [0.25, 0.3) is 11.1 Å². The monoisotopic (exact) mass is 551 g/mol. The van der Waals surface area contributed by atoms with Gasteiger partial charge >= 0.3 is 13.5 Å². The number of nitrogens with one attached hydrogen (secondary N) is 5. The average Bonchev–Trinajstić information content (AvgIpc) is 3.47. The van der Waals surface area contributed by atoms with Crippen LogP contribution in [0.3, 0.4) is 0 Å². The fourth-order valence-corrected chi connectivity index (χ4v) is 2.14. The number of anilines is 1. The number of fused-ring (bicyclic) bond motifs is 2. The second kappa shape index (κ2) is 13.9. The molecular formula is C15H22N9O12P. The van der Waals surface area contributed by atoms with Crippen molar-refractivity contribution in [2.45, 2.75) is 18.3 Å². The van der Waals surface area contributed by atoms with Gasteiger partial charge in [-0.25, -0.2) is 19.3 Å². The molecular weight excluding hydrogens is 529 g/mol. The number of hydrogen-bond donors (Lipinski definition) is 13. The first kappa shape index (κ1) is 31.0. The number of aromatic amines is 5. The molecule has 0 aliphatic rings. The molecule has 0 aliphatic heterocycles. The Balaban J connectivity index is 0.000000256. The van der Waals surface area contributed by atoms with Crippen molar-refractivity contribution in [1.29, 1.82) is 0 Å². The first-order chi connectivity index (χ1) is 17.2. The smallest absolute Gasteiger partial charge is 0.394 e. The topological polar surface area (TPSA) is 371 Å². The fraction of sp³-hybridized carbons (Fsp3) is 0.267. The third-order valence-electron chi connectivity index (χ3n) is 3.71. The first-order valence-corrected chi connectivity index (χ1v) is 11.0. The molecule has 4 heterocycles. The van der Waals surface area contributed by atoms with Crippen molar-refractivity contribution >= 4 is 42.4 Å². The number of nitrogens with two attached hydrogens (primary N) is 1. The number of aldehydes is 1. The zero-order chi connectivity index (χ0) is 28.3. The van der Waals surface area contributed by atoms with Crippen molar-refractivity contribution < 1.29 is 44.5 Å². The summed E-state index contributed by atoms with van der Waals surface area (Å²) >= 11 is 0. The van der Waals surface area contributed by atoms with Crippen LogP contribution in [0.15, 0.2) is 27.0 Å². The summed E-state index contributed by atoms with van der Waals surface area (Å²) in [6, 6.07) is 0. The highest BCUT2D eigenvalue weighted by molar-refractivity contribution is 7.45. The van der Waals surface area contributed by atoms with E-state index >= 15 is 0 Å². The quantitative estimate of drug-likeness (QED) is 0.0830. The molecule has 0 radical (unpaired) electrons. The zero-order valence-corrected chi connectivity index (χ0v) is 19.1. The largest absolute Gasteiger partial charge is 0.466 e. The van der Waals surface area contributed by atoms with Crippen molar-refractivity contribution in [3.05, 3.63) is 43.8 Å². The van der Waals surface area contributed by atoms with E-state index in [-0.39, 0.29) is 29.0 Å². The number of nitrogens with zero attached hydrogens (tertiary/aromatic N) is 3. The number of hydrogen-bond acceptors (Lipinski definition) is 13. The van der Waals surface area contributed by atoms with Crippen LogP contribution in [0.2, 0.25) is 0 Å². The number of H-pyrrole nitrogens is 5. The summed E-state index contributed by atoms with van der Waals surface area (Å²) in [7, 11) is -4.64. The minimum absolute atomic E-state index is 0.0783. The summed E-state index contributed by atoms with van der Waals surface area (Å²) in [6.07, 6.45) is -1.89. The number of aromatic nitrogens is 8. The van der Waals surface area contributed by atoms with E-state index < -0.39 is 44.0 Å². The van der Waals surface area contributed by atoms with Crippen LogP contribution in [0, 0.1) is 0 Å². The van der Waals surface area contributed by atoms with Gasteiger partial charge in [0.1, 0.15) is 23.8 Å². The Morgan fingerprint density at radius 2 is 1.49 bits per heavy atom. The van der Waals surface area contributed by atoms with Crippen LogP contribution >= 0.6 is 7.82 Å². The molecule has 0 aliphatic carbocycles. The van der Waals surface area contributed by atoms with E-state index in [1.54, 1.807) is 0 Å². The van der Waals surface area contributed by atoms with Crippen molar-refractivity contribution in [3.8, 4) is 0 Å². The standard InChI is InChI=1S/C5H5N5O.C5H4N4O2.C5H10O5.H3O4P/c6-5-9-3-2(4(11)10-5)7-1-8-3;10-4-2-3(7-1-6-2)8-5(11)9-4;6-1-3(8)5(10)4(9)2-7;1-5(2,3)4/h1H,(H4,6,7,8,9,10,11);1H,(H3,6,7,8,9,10,11);1,3-5,7-10H,2H2;(H3,1,2,3,4)/t;;3-,4+,5-;/m..0./s1. The molecule has 204 valence electrons. The molecule has 37 heavy (non-hydrogen) atoms. The van der Waals surface area contributed by atoms with Gasteiger partial charge in [-0.1, -0.05) is 0 Å². The van der Waals surface area contributed by atoms with Crippen LogP contribution < -0.4 is 22.5 Å². The summed E-state index contributed by atoms with van der Waals surface area (Å²) in [5.41, 5.74) is 5.20.